The predicted molar refractivity (Wildman–Crippen MR) is 88.3 cm³/mol. The van der Waals surface area contributed by atoms with Crippen LogP contribution in [0.3, 0.4) is 0 Å². The number of nitrogens with zero attached hydrogens (tertiary/aromatic N) is 2. The van der Waals surface area contributed by atoms with Crippen LogP contribution in [0.4, 0.5) is 19.0 Å². The van der Waals surface area contributed by atoms with Crippen LogP contribution >= 0.6 is 0 Å². The van der Waals surface area contributed by atoms with Crippen LogP contribution in [0.25, 0.3) is 0 Å². The molecule has 0 aliphatic rings. The smallest absolute Gasteiger partial charge is 0.382 e. The number of hydrogen-bond acceptors (Lipinski definition) is 6. The Morgan fingerprint density at radius 2 is 2.08 bits per heavy atom. The first-order chi connectivity index (χ1) is 11.9. The first-order valence-corrected chi connectivity index (χ1v) is 9.18. The highest BCUT2D eigenvalue weighted by Crippen LogP contribution is 2.38. The van der Waals surface area contributed by atoms with Crippen LogP contribution in [0.5, 0.6) is 0 Å². The molecule has 142 valence electrons. The molecule has 0 saturated heterocycles. The first kappa shape index (κ1) is 19.9. The van der Waals surface area contributed by atoms with Gasteiger partial charge in [-0.15, -0.1) is 0 Å². The number of pyridine rings is 1. The molecule has 0 spiro atoms. The molecule has 2 aromatic heterocycles. The van der Waals surface area contributed by atoms with Gasteiger partial charge >= 0.3 is 6.18 Å². The molecular formula is C15H17F3N4O3S. The Hall–Kier alpha value is -2.40. The van der Waals surface area contributed by atoms with E-state index in [-0.39, 0.29) is 23.0 Å². The molecule has 2 rings (SSSR count). The minimum Gasteiger partial charge on any atom is -0.382 e. The number of nitrogens with one attached hydrogen (secondary N) is 2. The van der Waals surface area contributed by atoms with Gasteiger partial charge in [-0.1, -0.05) is 12.2 Å². The van der Waals surface area contributed by atoms with Crippen molar-refractivity contribution in [3.05, 3.63) is 47.4 Å². The van der Waals surface area contributed by atoms with Gasteiger partial charge in [0.15, 0.2) is 15.5 Å². The van der Waals surface area contributed by atoms with E-state index >= 15 is 0 Å². The number of H-pyrrole nitrogens is 1. The summed E-state index contributed by atoms with van der Waals surface area (Å²) in [6.45, 7) is 5.48. The molecule has 2 aromatic rings. The molecule has 0 aliphatic heterocycles. The molecule has 7 nitrogen and oxygen atoms in total. The summed E-state index contributed by atoms with van der Waals surface area (Å²) >= 11 is 0. The monoisotopic (exact) mass is 390 g/mol. The van der Waals surface area contributed by atoms with Gasteiger partial charge in [-0.2, -0.15) is 18.3 Å². The van der Waals surface area contributed by atoms with Crippen molar-refractivity contribution >= 4 is 15.7 Å². The van der Waals surface area contributed by atoms with Crippen LogP contribution in [0, 0.1) is 0 Å². The number of aliphatic hydroxyl groups excluding tert-OH is 1. The Bertz CT molecular complexity index is 905. The summed E-state index contributed by atoms with van der Waals surface area (Å²) in [5.41, 5.74) is -1.31. The zero-order valence-electron chi connectivity index (χ0n) is 13.9. The number of alkyl halides is 3. The summed E-state index contributed by atoms with van der Waals surface area (Å²) in [6.07, 6.45) is -4.63. The molecule has 3 N–H and O–H groups in total. The van der Waals surface area contributed by atoms with Crippen molar-refractivity contribution in [3.63, 3.8) is 0 Å². The van der Waals surface area contributed by atoms with Gasteiger partial charge in [0.05, 0.1) is 16.2 Å². The molecule has 11 heteroatoms. The van der Waals surface area contributed by atoms with Crippen LogP contribution in [0.15, 0.2) is 35.4 Å². The molecule has 0 aliphatic carbocycles. The lowest BCUT2D eigenvalue weighted by atomic mass is 10.0. The van der Waals surface area contributed by atoms with Gasteiger partial charge in [0, 0.05) is 19.0 Å². The molecule has 2 heterocycles. The molecule has 0 bridgehead atoms. The summed E-state index contributed by atoms with van der Waals surface area (Å²) in [5.74, 6) is -0.123. The van der Waals surface area contributed by atoms with E-state index in [9.17, 15) is 26.7 Å². The number of rotatable bonds is 6. The van der Waals surface area contributed by atoms with Gasteiger partial charge < -0.3 is 10.4 Å². The average Bonchev–Trinajstić information content (AvgIpc) is 2.95. The zero-order chi connectivity index (χ0) is 19.7. The number of aromatic nitrogens is 3. The number of aromatic amines is 1. The van der Waals surface area contributed by atoms with Gasteiger partial charge in [0.2, 0.25) is 0 Å². The van der Waals surface area contributed by atoms with Crippen molar-refractivity contribution < 1.29 is 26.7 Å². The number of hydrogen-bond donors (Lipinski definition) is 3. The van der Waals surface area contributed by atoms with E-state index in [1.165, 1.54) is 0 Å². The number of halogens is 3. The molecular weight excluding hydrogens is 373 g/mol. The number of anilines is 1. The second kappa shape index (κ2) is 7.08. The third kappa shape index (κ3) is 4.41. The maximum Gasteiger partial charge on any atom is 0.435 e. The van der Waals surface area contributed by atoms with Crippen LogP contribution in [-0.4, -0.2) is 41.5 Å². The largest absolute Gasteiger partial charge is 0.435 e. The van der Waals surface area contributed by atoms with E-state index in [1.807, 2.05) is 0 Å². The van der Waals surface area contributed by atoms with Crippen molar-refractivity contribution in [2.24, 2.45) is 0 Å². The standard InChI is InChI=1S/C15H17F3N4O3S/c1-8(2)6-20-14-11(13(21-22-14)15(16,17)18)12(23)10-5-4-9(7-19-10)26(3,24)25/h4-5,7,12,23H,1,6H2,2-3H3,(H2,20,21,22). The second-order valence-corrected chi connectivity index (χ2v) is 7.78. The van der Waals surface area contributed by atoms with Gasteiger partial charge in [0.1, 0.15) is 11.9 Å². The molecule has 1 atom stereocenters. The van der Waals surface area contributed by atoms with Crippen LogP contribution < -0.4 is 5.32 Å². The fourth-order valence-electron chi connectivity index (χ4n) is 2.13. The molecule has 0 amide bonds. The van der Waals surface area contributed by atoms with Gasteiger partial charge in [0.25, 0.3) is 0 Å². The fraction of sp³-hybridized carbons (Fsp3) is 0.333. The van der Waals surface area contributed by atoms with E-state index in [1.54, 1.807) is 6.92 Å². The van der Waals surface area contributed by atoms with Crippen molar-refractivity contribution in [2.75, 3.05) is 18.1 Å². The molecule has 1 unspecified atom stereocenters. The minimum absolute atomic E-state index is 0.114. The fourth-order valence-corrected chi connectivity index (χ4v) is 2.69. The van der Waals surface area contributed by atoms with Crippen molar-refractivity contribution in [2.45, 2.75) is 24.1 Å². The number of sulfone groups is 1. The van der Waals surface area contributed by atoms with E-state index < -0.39 is 33.4 Å². The van der Waals surface area contributed by atoms with Gasteiger partial charge in [-0.25, -0.2) is 8.42 Å². The lowest BCUT2D eigenvalue weighted by molar-refractivity contribution is -0.142. The summed E-state index contributed by atoms with van der Waals surface area (Å²) in [7, 11) is -3.52. The average molecular weight is 390 g/mol. The molecule has 0 saturated carbocycles. The summed E-state index contributed by atoms with van der Waals surface area (Å²) in [5, 5.41) is 18.6. The SMILES string of the molecule is C=C(C)CNc1[nH]nc(C(F)(F)F)c1C(O)c1ccc(S(C)(=O)=O)cn1. The highest BCUT2D eigenvalue weighted by molar-refractivity contribution is 7.90. The van der Waals surface area contributed by atoms with Crippen molar-refractivity contribution in [3.8, 4) is 0 Å². The van der Waals surface area contributed by atoms with E-state index in [0.29, 0.717) is 5.57 Å². The van der Waals surface area contributed by atoms with E-state index in [4.69, 9.17) is 0 Å². The molecule has 0 aromatic carbocycles. The van der Waals surface area contributed by atoms with E-state index in [2.05, 4.69) is 27.1 Å². The second-order valence-electron chi connectivity index (χ2n) is 5.76. The molecule has 26 heavy (non-hydrogen) atoms. The van der Waals surface area contributed by atoms with Crippen LogP contribution in [0.1, 0.15) is 30.0 Å². The Kier molecular flexibility index (Phi) is 5.42. The molecule has 0 fully saturated rings. The van der Waals surface area contributed by atoms with Gasteiger partial charge in [-0.3, -0.25) is 10.1 Å². The minimum atomic E-state index is -4.80. The highest BCUT2D eigenvalue weighted by atomic mass is 32.2. The molecule has 0 radical (unpaired) electrons. The summed E-state index contributed by atoms with van der Waals surface area (Å²) < 4.78 is 62.5. The normalized spacial score (nSPS) is 13.5. The quantitative estimate of drug-likeness (QED) is 0.653. The van der Waals surface area contributed by atoms with Crippen LogP contribution in [0.2, 0.25) is 0 Å². The van der Waals surface area contributed by atoms with Gasteiger partial charge in [-0.05, 0) is 19.1 Å². The predicted octanol–water partition coefficient (Wildman–Crippen LogP) is 2.30. The number of aliphatic hydroxyl groups is 1. The Morgan fingerprint density at radius 3 is 2.54 bits per heavy atom. The third-order valence-corrected chi connectivity index (χ3v) is 4.48. The summed E-state index contributed by atoms with van der Waals surface area (Å²) in [6, 6.07) is 2.31. The lowest BCUT2D eigenvalue weighted by Crippen LogP contribution is -2.15. The van der Waals surface area contributed by atoms with Crippen LogP contribution in [-0.2, 0) is 16.0 Å². The maximum absolute atomic E-state index is 13.2. The first-order valence-electron chi connectivity index (χ1n) is 7.29. The Balaban J connectivity index is 2.47. The van der Waals surface area contributed by atoms with Crippen molar-refractivity contribution in [1.82, 2.24) is 15.2 Å². The third-order valence-electron chi connectivity index (χ3n) is 3.38. The Morgan fingerprint density at radius 1 is 1.42 bits per heavy atom. The summed E-state index contributed by atoms with van der Waals surface area (Å²) in [4.78, 5) is 3.66. The van der Waals surface area contributed by atoms with E-state index in [0.717, 1.165) is 24.6 Å². The highest BCUT2D eigenvalue weighted by Gasteiger charge is 2.40. The zero-order valence-corrected chi connectivity index (χ0v) is 14.7. The maximum atomic E-state index is 13.2. The Labute approximate surface area is 147 Å². The topological polar surface area (TPSA) is 108 Å². The lowest BCUT2D eigenvalue weighted by Gasteiger charge is -2.15. The van der Waals surface area contributed by atoms with Crippen molar-refractivity contribution in [1.29, 1.82) is 0 Å².